The number of nitrogens with zero attached hydrogens (tertiary/aromatic N) is 1. The Morgan fingerprint density at radius 1 is 1.15 bits per heavy atom. The zero-order valence-electron chi connectivity index (χ0n) is 7.91. The molecular formula is C10H17NO2. The average Bonchev–Trinajstić information content (AvgIpc) is 2.02. The minimum absolute atomic E-state index is 0.0728. The molecule has 3 nitrogen and oxygen atoms in total. The van der Waals surface area contributed by atoms with E-state index in [1.54, 1.807) is 0 Å². The van der Waals surface area contributed by atoms with E-state index < -0.39 is 5.97 Å². The highest BCUT2D eigenvalue weighted by Gasteiger charge is 2.30. The lowest BCUT2D eigenvalue weighted by molar-refractivity contribution is -0.143. The highest BCUT2D eigenvalue weighted by atomic mass is 16.4. The molecule has 2 aliphatic rings. The van der Waals surface area contributed by atoms with Crippen LogP contribution in [0.25, 0.3) is 0 Å². The second kappa shape index (κ2) is 3.66. The molecule has 0 bridgehead atoms. The monoisotopic (exact) mass is 183 g/mol. The first-order chi connectivity index (χ1) is 6.27. The molecule has 1 N–H and O–H groups in total. The molecule has 0 aromatic heterocycles. The summed E-state index contributed by atoms with van der Waals surface area (Å²) in [6.45, 7) is 2.00. The summed E-state index contributed by atoms with van der Waals surface area (Å²) in [5, 5.41) is 8.82. The number of carboxylic acids is 1. The number of piperidine rings is 1. The largest absolute Gasteiger partial charge is 0.481 e. The third kappa shape index (κ3) is 1.85. The summed E-state index contributed by atoms with van der Waals surface area (Å²) in [5.74, 6) is -0.676. The van der Waals surface area contributed by atoms with Gasteiger partial charge in [0.1, 0.15) is 0 Å². The van der Waals surface area contributed by atoms with Gasteiger partial charge in [0.2, 0.25) is 0 Å². The molecule has 2 rings (SSSR count). The Bertz CT molecular complexity index is 193. The summed E-state index contributed by atoms with van der Waals surface area (Å²) >= 11 is 0. The quantitative estimate of drug-likeness (QED) is 0.702. The molecule has 74 valence electrons. The average molecular weight is 183 g/mol. The second-order valence-corrected chi connectivity index (χ2v) is 4.23. The smallest absolute Gasteiger partial charge is 0.306 e. The van der Waals surface area contributed by atoms with E-state index in [-0.39, 0.29) is 5.92 Å². The number of carboxylic acid groups (broad SMARTS) is 1. The van der Waals surface area contributed by atoms with Crippen LogP contribution in [0.5, 0.6) is 0 Å². The molecule has 3 heteroatoms. The normalized spacial score (nSPS) is 27.1. The predicted octanol–water partition coefficient (Wildman–Crippen LogP) is 1.34. The van der Waals surface area contributed by atoms with Gasteiger partial charge < -0.3 is 10.0 Å². The summed E-state index contributed by atoms with van der Waals surface area (Å²) in [5.41, 5.74) is 0. The highest BCUT2D eigenvalue weighted by molar-refractivity contribution is 5.70. The number of carbonyl (C=O) groups is 1. The fraction of sp³-hybridized carbons (Fsp3) is 0.900. The van der Waals surface area contributed by atoms with E-state index in [4.69, 9.17) is 5.11 Å². The topological polar surface area (TPSA) is 40.5 Å². The van der Waals surface area contributed by atoms with Crippen molar-refractivity contribution in [1.29, 1.82) is 0 Å². The van der Waals surface area contributed by atoms with Gasteiger partial charge in [-0.2, -0.15) is 0 Å². The van der Waals surface area contributed by atoms with Gasteiger partial charge in [0.25, 0.3) is 0 Å². The minimum atomic E-state index is -0.603. The van der Waals surface area contributed by atoms with Crippen LogP contribution < -0.4 is 0 Å². The van der Waals surface area contributed by atoms with Gasteiger partial charge in [0.15, 0.2) is 0 Å². The number of hydrogen-bond donors (Lipinski definition) is 1. The van der Waals surface area contributed by atoms with Crippen LogP contribution in [0.2, 0.25) is 0 Å². The molecule has 2 fully saturated rings. The summed E-state index contributed by atoms with van der Waals surface area (Å²) in [7, 11) is 0. The van der Waals surface area contributed by atoms with Crippen molar-refractivity contribution in [3.05, 3.63) is 0 Å². The Balaban J connectivity index is 1.78. The van der Waals surface area contributed by atoms with Crippen molar-refractivity contribution in [3.8, 4) is 0 Å². The Kier molecular flexibility index (Phi) is 2.54. The molecular weight excluding hydrogens is 166 g/mol. The van der Waals surface area contributed by atoms with Crippen LogP contribution in [0.3, 0.4) is 0 Å². The molecule has 1 saturated heterocycles. The Morgan fingerprint density at radius 2 is 1.77 bits per heavy atom. The molecule has 1 aliphatic carbocycles. The van der Waals surface area contributed by atoms with Gasteiger partial charge in [0.05, 0.1) is 5.92 Å². The Morgan fingerprint density at radius 3 is 2.15 bits per heavy atom. The van der Waals surface area contributed by atoms with Crippen LogP contribution >= 0.6 is 0 Å². The van der Waals surface area contributed by atoms with Gasteiger partial charge in [0, 0.05) is 6.04 Å². The molecule has 0 radical (unpaired) electrons. The summed E-state index contributed by atoms with van der Waals surface area (Å²) < 4.78 is 0. The molecule has 0 atom stereocenters. The van der Waals surface area contributed by atoms with E-state index in [0.717, 1.165) is 32.0 Å². The zero-order valence-corrected chi connectivity index (χ0v) is 7.91. The van der Waals surface area contributed by atoms with Crippen molar-refractivity contribution in [2.45, 2.75) is 38.1 Å². The predicted molar refractivity (Wildman–Crippen MR) is 49.6 cm³/mol. The molecule has 0 aromatic carbocycles. The summed E-state index contributed by atoms with van der Waals surface area (Å²) in [4.78, 5) is 13.2. The lowest BCUT2D eigenvalue weighted by Crippen LogP contribution is -2.45. The zero-order chi connectivity index (χ0) is 9.26. The lowest BCUT2D eigenvalue weighted by atomic mass is 9.88. The first kappa shape index (κ1) is 9.00. The standard InChI is InChI=1S/C10H17NO2/c12-10(13)8-4-6-11(7-5-8)9-2-1-3-9/h8-9H,1-7H2,(H,12,13). The maximum absolute atomic E-state index is 10.7. The summed E-state index contributed by atoms with van der Waals surface area (Å²) in [6, 6.07) is 0.787. The van der Waals surface area contributed by atoms with Crippen molar-refractivity contribution in [2.75, 3.05) is 13.1 Å². The van der Waals surface area contributed by atoms with Crippen LogP contribution in [0, 0.1) is 5.92 Å². The van der Waals surface area contributed by atoms with Gasteiger partial charge in [-0.1, -0.05) is 6.42 Å². The number of rotatable bonds is 2. The van der Waals surface area contributed by atoms with E-state index in [1.165, 1.54) is 19.3 Å². The molecule has 0 amide bonds. The van der Waals surface area contributed by atoms with E-state index in [2.05, 4.69) is 4.90 Å². The third-order valence-electron chi connectivity index (χ3n) is 3.47. The van der Waals surface area contributed by atoms with E-state index in [9.17, 15) is 4.79 Å². The number of aliphatic carboxylic acids is 1. The minimum Gasteiger partial charge on any atom is -0.481 e. The maximum Gasteiger partial charge on any atom is 0.306 e. The lowest BCUT2D eigenvalue weighted by Gasteiger charge is -2.41. The molecule has 13 heavy (non-hydrogen) atoms. The second-order valence-electron chi connectivity index (χ2n) is 4.23. The fourth-order valence-electron chi connectivity index (χ4n) is 2.26. The molecule has 0 aromatic rings. The first-order valence-electron chi connectivity index (χ1n) is 5.24. The van der Waals surface area contributed by atoms with Crippen molar-refractivity contribution >= 4 is 5.97 Å². The van der Waals surface area contributed by atoms with Gasteiger partial charge in [-0.25, -0.2) is 0 Å². The fourth-order valence-corrected chi connectivity index (χ4v) is 2.26. The van der Waals surface area contributed by atoms with E-state index >= 15 is 0 Å². The Labute approximate surface area is 78.7 Å². The third-order valence-corrected chi connectivity index (χ3v) is 3.47. The highest BCUT2D eigenvalue weighted by Crippen LogP contribution is 2.28. The molecule has 0 spiro atoms. The molecule has 1 aliphatic heterocycles. The van der Waals surface area contributed by atoms with Gasteiger partial charge in [-0.3, -0.25) is 4.79 Å². The molecule has 0 unspecified atom stereocenters. The van der Waals surface area contributed by atoms with Crippen LogP contribution in [0.1, 0.15) is 32.1 Å². The van der Waals surface area contributed by atoms with Crippen molar-refractivity contribution in [2.24, 2.45) is 5.92 Å². The van der Waals surface area contributed by atoms with Crippen LogP contribution in [0.15, 0.2) is 0 Å². The Hall–Kier alpha value is -0.570. The van der Waals surface area contributed by atoms with Crippen LogP contribution in [-0.4, -0.2) is 35.1 Å². The van der Waals surface area contributed by atoms with Gasteiger partial charge in [-0.15, -0.1) is 0 Å². The van der Waals surface area contributed by atoms with Crippen molar-refractivity contribution in [3.63, 3.8) is 0 Å². The first-order valence-corrected chi connectivity index (χ1v) is 5.24. The molecule has 1 saturated carbocycles. The van der Waals surface area contributed by atoms with Crippen molar-refractivity contribution in [1.82, 2.24) is 4.90 Å². The van der Waals surface area contributed by atoms with Crippen molar-refractivity contribution < 1.29 is 9.90 Å². The maximum atomic E-state index is 10.7. The van der Waals surface area contributed by atoms with Gasteiger partial charge >= 0.3 is 5.97 Å². The summed E-state index contributed by atoms with van der Waals surface area (Å²) in [6.07, 6.45) is 5.73. The van der Waals surface area contributed by atoms with E-state index in [0.29, 0.717) is 0 Å². The van der Waals surface area contributed by atoms with Crippen LogP contribution in [-0.2, 0) is 4.79 Å². The van der Waals surface area contributed by atoms with Gasteiger partial charge in [-0.05, 0) is 38.8 Å². The molecule has 1 heterocycles. The SMILES string of the molecule is O=C(O)C1CCN(C2CCC2)CC1. The van der Waals surface area contributed by atoms with E-state index in [1.807, 2.05) is 0 Å². The number of likely N-dealkylation sites (tertiary alicyclic amines) is 1. The van der Waals surface area contributed by atoms with Crippen LogP contribution in [0.4, 0.5) is 0 Å². The number of hydrogen-bond acceptors (Lipinski definition) is 2.